The Hall–Kier alpha value is -0.180. The minimum atomic E-state index is -1.34. The quantitative estimate of drug-likeness (QED) is 0.564. The minimum absolute atomic E-state index is 0.390. The molecule has 0 bridgehead atoms. The van der Waals surface area contributed by atoms with E-state index in [1.165, 1.54) is 0 Å². The molecule has 0 aliphatic carbocycles. The van der Waals surface area contributed by atoms with Gasteiger partial charge in [0.05, 0.1) is 0 Å². The molecule has 0 amide bonds. The van der Waals surface area contributed by atoms with Crippen LogP contribution in [0.2, 0.25) is 0 Å². The average Bonchev–Trinajstić information content (AvgIpc) is 1.99. The Labute approximate surface area is 66.4 Å². The molecule has 2 unspecified atom stereocenters. The van der Waals surface area contributed by atoms with Gasteiger partial charge in [0.15, 0.2) is 6.30 Å². The first-order valence-corrected chi connectivity index (χ1v) is 4.28. The van der Waals surface area contributed by atoms with E-state index in [1.54, 1.807) is 4.90 Å². The maximum Gasteiger partial charge on any atom is 0.185 e. The number of alkyl halides is 2. The number of piperidine rings is 1. The van der Waals surface area contributed by atoms with Gasteiger partial charge < -0.3 is 0 Å². The van der Waals surface area contributed by atoms with Gasteiger partial charge in [-0.05, 0) is 19.3 Å². The molecule has 1 nitrogen and oxygen atoms in total. The van der Waals surface area contributed by atoms with Crippen molar-refractivity contribution in [2.45, 2.75) is 38.7 Å². The third kappa shape index (κ3) is 2.12. The van der Waals surface area contributed by atoms with Gasteiger partial charge in [-0.3, -0.25) is 4.90 Å². The van der Waals surface area contributed by atoms with Gasteiger partial charge in [0, 0.05) is 13.1 Å². The van der Waals surface area contributed by atoms with Crippen molar-refractivity contribution in [3.05, 3.63) is 0 Å². The van der Waals surface area contributed by atoms with Crippen LogP contribution in [0.5, 0.6) is 0 Å². The summed E-state index contributed by atoms with van der Waals surface area (Å²) in [6, 6.07) is 0. The fourth-order valence-electron chi connectivity index (χ4n) is 1.50. The van der Waals surface area contributed by atoms with Crippen LogP contribution in [0.4, 0.5) is 8.78 Å². The Morgan fingerprint density at radius 3 is 2.82 bits per heavy atom. The van der Waals surface area contributed by atoms with Crippen LogP contribution in [-0.2, 0) is 0 Å². The fraction of sp³-hybridized carbons (Fsp3) is 1.00. The molecule has 11 heavy (non-hydrogen) atoms. The molecule has 0 N–H and O–H groups in total. The molecular weight excluding hydrogens is 148 g/mol. The first-order valence-electron chi connectivity index (χ1n) is 4.28. The molecule has 0 aromatic carbocycles. The molecule has 0 aromatic heterocycles. The normalized spacial score (nSPS) is 34.1. The molecule has 1 aliphatic heterocycles. The van der Waals surface area contributed by atoms with E-state index in [4.69, 9.17) is 0 Å². The van der Waals surface area contributed by atoms with Crippen molar-refractivity contribution in [2.24, 2.45) is 0 Å². The lowest BCUT2D eigenvalue weighted by Crippen LogP contribution is -2.43. The largest absolute Gasteiger partial charge is 0.272 e. The fourth-order valence-corrected chi connectivity index (χ4v) is 1.50. The molecule has 1 aliphatic rings. The van der Waals surface area contributed by atoms with Gasteiger partial charge in [0.25, 0.3) is 0 Å². The highest BCUT2D eigenvalue weighted by molar-refractivity contribution is 4.76. The second-order valence-corrected chi connectivity index (χ2v) is 3.07. The Morgan fingerprint density at radius 1 is 1.45 bits per heavy atom. The summed E-state index contributed by atoms with van der Waals surface area (Å²) in [6.45, 7) is 3.38. The zero-order chi connectivity index (χ0) is 8.27. The van der Waals surface area contributed by atoms with Crippen LogP contribution < -0.4 is 0 Å². The molecule has 0 radical (unpaired) electrons. The van der Waals surface area contributed by atoms with Crippen molar-refractivity contribution in [1.29, 1.82) is 0 Å². The first kappa shape index (κ1) is 8.91. The second-order valence-electron chi connectivity index (χ2n) is 3.07. The molecule has 3 heteroatoms. The number of hydrogen-bond acceptors (Lipinski definition) is 1. The van der Waals surface area contributed by atoms with Gasteiger partial charge in [-0.15, -0.1) is 0 Å². The monoisotopic (exact) mass is 163 g/mol. The third-order valence-electron chi connectivity index (χ3n) is 2.08. The van der Waals surface area contributed by atoms with E-state index in [9.17, 15) is 8.78 Å². The van der Waals surface area contributed by atoms with Crippen molar-refractivity contribution >= 4 is 0 Å². The SMILES string of the molecule is CCCN1CCCC(F)C1F. The van der Waals surface area contributed by atoms with E-state index in [1.807, 2.05) is 6.92 Å². The van der Waals surface area contributed by atoms with Crippen LogP contribution in [0.25, 0.3) is 0 Å². The predicted molar refractivity (Wildman–Crippen MR) is 40.9 cm³/mol. The average molecular weight is 163 g/mol. The molecule has 0 aromatic rings. The van der Waals surface area contributed by atoms with E-state index in [-0.39, 0.29) is 0 Å². The second kappa shape index (κ2) is 4.00. The summed E-state index contributed by atoms with van der Waals surface area (Å²) in [7, 11) is 0. The summed E-state index contributed by atoms with van der Waals surface area (Å²) in [5.41, 5.74) is 0. The van der Waals surface area contributed by atoms with Gasteiger partial charge >= 0.3 is 0 Å². The molecular formula is C8H15F2N. The summed E-state index contributed by atoms with van der Waals surface area (Å²) in [4.78, 5) is 1.59. The standard InChI is InChI=1S/C8H15F2N/c1-2-5-11-6-3-4-7(9)8(11)10/h7-8H,2-6H2,1H3. The van der Waals surface area contributed by atoms with Crippen molar-refractivity contribution < 1.29 is 8.78 Å². The summed E-state index contributed by atoms with van der Waals surface area (Å²) in [5, 5.41) is 0. The van der Waals surface area contributed by atoms with Gasteiger partial charge in [-0.1, -0.05) is 6.92 Å². The van der Waals surface area contributed by atoms with Crippen LogP contribution in [0.3, 0.4) is 0 Å². The van der Waals surface area contributed by atoms with Crippen molar-refractivity contribution in [1.82, 2.24) is 4.90 Å². The van der Waals surface area contributed by atoms with Gasteiger partial charge in [-0.25, -0.2) is 8.78 Å². The maximum absolute atomic E-state index is 13.0. The van der Waals surface area contributed by atoms with Crippen LogP contribution in [0, 0.1) is 0 Å². The summed E-state index contributed by atoms with van der Waals surface area (Å²) in [6.07, 6.45) is -0.519. The molecule has 0 spiro atoms. The maximum atomic E-state index is 13.0. The van der Waals surface area contributed by atoms with Gasteiger partial charge in [-0.2, -0.15) is 0 Å². The van der Waals surface area contributed by atoms with E-state index in [2.05, 4.69) is 0 Å². The van der Waals surface area contributed by atoms with E-state index in [0.29, 0.717) is 13.0 Å². The topological polar surface area (TPSA) is 3.24 Å². The Bertz CT molecular complexity index is 117. The molecule has 66 valence electrons. The highest BCUT2D eigenvalue weighted by Gasteiger charge is 2.30. The van der Waals surface area contributed by atoms with E-state index in [0.717, 1.165) is 19.4 Å². The third-order valence-corrected chi connectivity index (χ3v) is 2.08. The van der Waals surface area contributed by atoms with Crippen LogP contribution in [-0.4, -0.2) is 30.5 Å². The number of halogens is 2. The molecule has 1 fully saturated rings. The molecule has 1 saturated heterocycles. The zero-order valence-corrected chi connectivity index (χ0v) is 6.89. The lowest BCUT2D eigenvalue weighted by atomic mass is 10.1. The Morgan fingerprint density at radius 2 is 2.18 bits per heavy atom. The minimum Gasteiger partial charge on any atom is -0.272 e. The summed E-state index contributed by atoms with van der Waals surface area (Å²) >= 11 is 0. The first-order chi connectivity index (χ1) is 5.25. The van der Waals surface area contributed by atoms with Gasteiger partial charge in [0.1, 0.15) is 6.17 Å². The Balaban J connectivity index is 2.38. The Kier molecular flexibility index (Phi) is 3.24. The number of likely N-dealkylation sites (tertiary alicyclic amines) is 1. The number of rotatable bonds is 2. The van der Waals surface area contributed by atoms with Crippen LogP contribution in [0.15, 0.2) is 0 Å². The molecule has 2 atom stereocenters. The molecule has 1 rings (SSSR count). The predicted octanol–water partition coefficient (Wildman–Crippen LogP) is 2.13. The molecule has 1 heterocycles. The highest BCUT2D eigenvalue weighted by Crippen LogP contribution is 2.21. The highest BCUT2D eigenvalue weighted by atomic mass is 19.2. The zero-order valence-electron chi connectivity index (χ0n) is 6.89. The van der Waals surface area contributed by atoms with E-state index >= 15 is 0 Å². The van der Waals surface area contributed by atoms with Crippen molar-refractivity contribution in [3.8, 4) is 0 Å². The smallest absolute Gasteiger partial charge is 0.185 e. The van der Waals surface area contributed by atoms with Crippen LogP contribution >= 0.6 is 0 Å². The lowest BCUT2D eigenvalue weighted by Gasteiger charge is -2.32. The van der Waals surface area contributed by atoms with Crippen molar-refractivity contribution in [2.75, 3.05) is 13.1 Å². The van der Waals surface area contributed by atoms with Crippen LogP contribution in [0.1, 0.15) is 26.2 Å². The lowest BCUT2D eigenvalue weighted by molar-refractivity contribution is -0.0184. The summed E-state index contributed by atoms with van der Waals surface area (Å²) < 4.78 is 25.7. The molecule has 0 saturated carbocycles. The van der Waals surface area contributed by atoms with E-state index < -0.39 is 12.5 Å². The van der Waals surface area contributed by atoms with Crippen molar-refractivity contribution in [3.63, 3.8) is 0 Å². The number of nitrogens with zero attached hydrogens (tertiary/aromatic N) is 1. The summed E-state index contributed by atoms with van der Waals surface area (Å²) in [5.74, 6) is 0. The van der Waals surface area contributed by atoms with Gasteiger partial charge in [0.2, 0.25) is 0 Å². The number of hydrogen-bond donors (Lipinski definition) is 0.